The van der Waals surface area contributed by atoms with Crippen LogP contribution in [-0.4, -0.2) is 51.3 Å². The van der Waals surface area contributed by atoms with Gasteiger partial charge in [-0.3, -0.25) is 14.6 Å². The number of fused-ring (bicyclic) bond motifs is 2. The summed E-state index contributed by atoms with van der Waals surface area (Å²) in [5.74, 6) is 0.158. The molecule has 0 unspecified atom stereocenters. The third-order valence-corrected chi connectivity index (χ3v) is 7.17. The van der Waals surface area contributed by atoms with Crippen molar-refractivity contribution in [1.82, 2.24) is 14.8 Å². The van der Waals surface area contributed by atoms with E-state index in [0.29, 0.717) is 12.2 Å². The van der Waals surface area contributed by atoms with Crippen LogP contribution in [0, 0.1) is 5.41 Å². The molecule has 1 aromatic heterocycles. The molecule has 0 N–H and O–H groups in total. The molecule has 2 aliphatic heterocycles. The van der Waals surface area contributed by atoms with E-state index in [2.05, 4.69) is 16.8 Å². The first-order chi connectivity index (χ1) is 13.0. The van der Waals surface area contributed by atoms with Gasteiger partial charge in [0.15, 0.2) is 0 Å². The van der Waals surface area contributed by atoms with E-state index < -0.39 is 0 Å². The normalized spacial score (nSPS) is 32.0. The van der Waals surface area contributed by atoms with Gasteiger partial charge in [0.05, 0.1) is 6.04 Å². The van der Waals surface area contributed by atoms with Crippen LogP contribution in [0.25, 0.3) is 10.8 Å². The van der Waals surface area contributed by atoms with E-state index in [0.717, 1.165) is 36.5 Å². The van der Waals surface area contributed by atoms with Crippen molar-refractivity contribution in [1.29, 1.82) is 0 Å². The minimum atomic E-state index is -0.00686. The fourth-order valence-electron chi connectivity index (χ4n) is 6.12. The molecule has 1 aliphatic carbocycles. The van der Waals surface area contributed by atoms with Gasteiger partial charge in [-0.1, -0.05) is 31.2 Å². The molecule has 0 spiro atoms. The summed E-state index contributed by atoms with van der Waals surface area (Å²) in [6.45, 7) is 4.58. The first-order valence-corrected chi connectivity index (χ1v) is 9.94. The number of piperidine rings is 1. The Hall–Kier alpha value is -2.43. The molecule has 2 bridgehead atoms. The lowest BCUT2D eigenvalue weighted by atomic mass is 9.65. The Balaban J connectivity index is 1.58. The first-order valence-electron chi connectivity index (χ1n) is 9.94. The number of likely N-dealkylation sites (tertiary alicyclic amines) is 2. The second kappa shape index (κ2) is 5.78. The van der Waals surface area contributed by atoms with Crippen molar-refractivity contribution in [2.45, 2.75) is 57.7 Å². The average molecular weight is 363 g/mol. The molecule has 5 nitrogen and oxygen atoms in total. The number of hydrogen-bond acceptors (Lipinski definition) is 3. The third-order valence-electron chi connectivity index (χ3n) is 7.17. The van der Waals surface area contributed by atoms with Gasteiger partial charge in [-0.2, -0.15) is 0 Å². The van der Waals surface area contributed by atoms with Gasteiger partial charge in [-0.05, 0) is 37.1 Å². The van der Waals surface area contributed by atoms with E-state index in [1.54, 1.807) is 13.1 Å². The lowest BCUT2D eigenvalue weighted by Crippen LogP contribution is -2.57. The van der Waals surface area contributed by atoms with Gasteiger partial charge in [0.1, 0.15) is 5.69 Å². The number of pyridine rings is 1. The van der Waals surface area contributed by atoms with Crippen LogP contribution >= 0.6 is 0 Å². The monoisotopic (exact) mass is 363 g/mol. The van der Waals surface area contributed by atoms with Crippen LogP contribution in [0.1, 0.15) is 50.0 Å². The number of rotatable bonds is 1. The van der Waals surface area contributed by atoms with Crippen LogP contribution < -0.4 is 0 Å². The van der Waals surface area contributed by atoms with Crippen LogP contribution in [0.15, 0.2) is 36.5 Å². The largest absolute Gasteiger partial charge is 0.335 e. The highest BCUT2D eigenvalue weighted by Gasteiger charge is 2.61. The van der Waals surface area contributed by atoms with Crippen LogP contribution in [0.4, 0.5) is 0 Å². The summed E-state index contributed by atoms with van der Waals surface area (Å²) in [4.78, 5) is 34.6. The van der Waals surface area contributed by atoms with E-state index in [1.165, 1.54) is 0 Å². The molecule has 5 heteroatoms. The van der Waals surface area contributed by atoms with Gasteiger partial charge in [0.2, 0.25) is 5.91 Å². The Kier molecular flexibility index (Phi) is 3.58. The predicted octanol–water partition coefficient (Wildman–Crippen LogP) is 3.24. The highest BCUT2D eigenvalue weighted by molar-refractivity contribution is 6.05. The third kappa shape index (κ3) is 2.27. The number of nitrogens with zero attached hydrogens (tertiary/aromatic N) is 3. The molecule has 0 radical (unpaired) electrons. The number of amides is 2. The summed E-state index contributed by atoms with van der Waals surface area (Å²) in [6, 6.07) is 10.4. The Bertz CT molecular complexity index is 937. The average Bonchev–Trinajstić information content (AvgIpc) is 2.96. The minimum Gasteiger partial charge on any atom is -0.335 e. The molecule has 3 heterocycles. The Labute approximate surface area is 159 Å². The van der Waals surface area contributed by atoms with Gasteiger partial charge in [0.25, 0.3) is 5.91 Å². The number of hydrogen-bond donors (Lipinski definition) is 0. The zero-order valence-corrected chi connectivity index (χ0v) is 15.9. The molecule has 3 fully saturated rings. The molecule has 27 heavy (non-hydrogen) atoms. The van der Waals surface area contributed by atoms with Crippen molar-refractivity contribution in [2.24, 2.45) is 5.41 Å². The maximum Gasteiger partial charge on any atom is 0.273 e. The van der Waals surface area contributed by atoms with E-state index in [9.17, 15) is 9.59 Å². The molecule has 1 saturated carbocycles. The molecule has 140 valence electrons. The summed E-state index contributed by atoms with van der Waals surface area (Å²) in [5.41, 5.74) is 0.530. The smallest absolute Gasteiger partial charge is 0.273 e. The summed E-state index contributed by atoms with van der Waals surface area (Å²) in [7, 11) is 0. The van der Waals surface area contributed by atoms with Crippen molar-refractivity contribution in [2.75, 3.05) is 6.54 Å². The van der Waals surface area contributed by atoms with Crippen LogP contribution in [0.2, 0.25) is 0 Å². The molecule has 4 atom stereocenters. The maximum absolute atomic E-state index is 13.6. The zero-order valence-electron chi connectivity index (χ0n) is 15.9. The van der Waals surface area contributed by atoms with Crippen molar-refractivity contribution >= 4 is 22.6 Å². The van der Waals surface area contributed by atoms with Gasteiger partial charge in [-0.15, -0.1) is 0 Å². The second-order valence-electron chi connectivity index (χ2n) is 8.59. The van der Waals surface area contributed by atoms with Crippen molar-refractivity contribution in [3.05, 3.63) is 42.2 Å². The lowest BCUT2D eigenvalue weighted by Gasteiger charge is -2.49. The van der Waals surface area contributed by atoms with Crippen LogP contribution in [0.3, 0.4) is 0 Å². The SMILES string of the molecule is CC(=O)N1[C@@H]2CN(C(=O)c3nccc4ccccc34)[C@@H]3CCC[C@H]1[C@]3(C)C2. The quantitative estimate of drug-likeness (QED) is 0.782. The Morgan fingerprint density at radius 2 is 1.93 bits per heavy atom. The van der Waals surface area contributed by atoms with Gasteiger partial charge in [-0.25, -0.2) is 0 Å². The van der Waals surface area contributed by atoms with Gasteiger partial charge < -0.3 is 9.80 Å². The summed E-state index contributed by atoms with van der Waals surface area (Å²) >= 11 is 0. The van der Waals surface area contributed by atoms with Crippen molar-refractivity contribution in [3.8, 4) is 0 Å². The fraction of sp³-hybridized carbons (Fsp3) is 0.500. The summed E-state index contributed by atoms with van der Waals surface area (Å²) in [5, 5.41) is 1.94. The summed E-state index contributed by atoms with van der Waals surface area (Å²) < 4.78 is 0. The van der Waals surface area contributed by atoms with Crippen LogP contribution in [-0.2, 0) is 4.79 Å². The van der Waals surface area contributed by atoms with Gasteiger partial charge in [0, 0.05) is 42.6 Å². The number of carbonyl (C=O) groups is 2. The first kappa shape index (κ1) is 16.7. The van der Waals surface area contributed by atoms with E-state index in [-0.39, 0.29) is 35.4 Å². The van der Waals surface area contributed by atoms with Gasteiger partial charge >= 0.3 is 0 Å². The molecule has 1 aromatic carbocycles. The van der Waals surface area contributed by atoms with E-state index >= 15 is 0 Å². The minimum absolute atomic E-state index is 0.00686. The molecule has 2 amide bonds. The fourth-order valence-corrected chi connectivity index (χ4v) is 6.12. The number of carbonyl (C=O) groups excluding carboxylic acids is 2. The Morgan fingerprint density at radius 1 is 1.15 bits per heavy atom. The molecule has 2 aromatic rings. The van der Waals surface area contributed by atoms with Crippen molar-refractivity contribution < 1.29 is 9.59 Å². The predicted molar refractivity (Wildman–Crippen MR) is 103 cm³/mol. The standard InChI is InChI=1S/C22H25N3O2/c1-14(26)25-16-12-22(2)18(8-5-9-19(22)25)24(13-16)21(27)20-17-7-4-3-6-15(17)10-11-23-20/h3-4,6-7,10-11,16,18-19H,5,8-9,12-13H2,1-2H3/t16-,18+,19-,22+/m0/s1. The molecule has 5 rings (SSSR count). The highest BCUT2D eigenvalue weighted by Crippen LogP contribution is 2.54. The van der Waals surface area contributed by atoms with E-state index in [4.69, 9.17) is 0 Å². The number of benzene rings is 1. The van der Waals surface area contributed by atoms with Crippen LogP contribution in [0.5, 0.6) is 0 Å². The summed E-state index contributed by atoms with van der Waals surface area (Å²) in [6.07, 6.45) is 5.86. The van der Waals surface area contributed by atoms with Crippen molar-refractivity contribution in [3.63, 3.8) is 0 Å². The molecular formula is C22H25N3O2. The second-order valence-corrected chi connectivity index (χ2v) is 8.59. The molecular weight excluding hydrogens is 338 g/mol. The lowest BCUT2D eigenvalue weighted by molar-refractivity contribution is -0.132. The molecule has 2 saturated heterocycles. The van der Waals surface area contributed by atoms with E-state index in [1.807, 2.05) is 35.2 Å². The molecule has 3 aliphatic rings. The Morgan fingerprint density at radius 3 is 2.74 bits per heavy atom. The maximum atomic E-state index is 13.6. The highest BCUT2D eigenvalue weighted by atomic mass is 16.2. The zero-order chi connectivity index (χ0) is 18.8. The topological polar surface area (TPSA) is 53.5 Å². The number of aromatic nitrogens is 1.